The predicted molar refractivity (Wildman–Crippen MR) is 113 cm³/mol. The average Bonchev–Trinajstić information content (AvgIpc) is 2.70. The van der Waals surface area contributed by atoms with Crippen LogP contribution in [0.15, 0.2) is 12.7 Å². The third-order valence-electron chi connectivity index (χ3n) is 5.65. The quantitative estimate of drug-likeness (QED) is 0.238. The maximum absolute atomic E-state index is 9.99. The number of hydrogen-bond donors (Lipinski definition) is 3. The molecule has 0 aromatic carbocycles. The van der Waals surface area contributed by atoms with E-state index in [1.807, 2.05) is 6.08 Å². The topological polar surface area (TPSA) is 79.2 Å². The van der Waals surface area contributed by atoms with E-state index in [0.29, 0.717) is 6.61 Å². The first-order valence-electron chi connectivity index (χ1n) is 11.5. The van der Waals surface area contributed by atoms with Gasteiger partial charge in [0.15, 0.2) is 0 Å². The van der Waals surface area contributed by atoms with Crippen molar-refractivity contribution in [3.63, 3.8) is 0 Å². The molecule has 0 radical (unpaired) electrons. The van der Waals surface area contributed by atoms with E-state index < -0.39 is 24.4 Å². The Bertz CT molecular complexity index is 363. The molecule has 0 saturated carbocycles. The van der Waals surface area contributed by atoms with Gasteiger partial charge in [-0.15, -0.1) is 6.58 Å². The average molecular weight is 401 g/mol. The second-order valence-electron chi connectivity index (χ2n) is 8.12. The molecule has 0 bridgehead atoms. The van der Waals surface area contributed by atoms with E-state index in [1.165, 1.54) is 70.6 Å². The first-order valence-corrected chi connectivity index (χ1v) is 11.5. The lowest BCUT2D eigenvalue weighted by Gasteiger charge is -2.36. The van der Waals surface area contributed by atoms with Crippen LogP contribution in [0.4, 0.5) is 0 Å². The number of aliphatic hydroxyl groups is 3. The summed E-state index contributed by atoms with van der Waals surface area (Å²) in [7, 11) is 0. The third kappa shape index (κ3) is 11.5. The van der Waals surface area contributed by atoms with Gasteiger partial charge in [-0.3, -0.25) is 0 Å². The third-order valence-corrected chi connectivity index (χ3v) is 5.65. The molecule has 28 heavy (non-hydrogen) atoms. The molecule has 166 valence electrons. The highest BCUT2D eigenvalue weighted by molar-refractivity contribution is 4.87. The van der Waals surface area contributed by atoms with Gasteiger partial charge in [0.05, 0.1) is 13.2 Å². The Kier molecular flexibility index (Phi) is 15.9. The van der Waals surface area contributed by atoms with Gasteiger partial charge in [-0.2, -0.15) is 0 Å². The lowest BCUT2D eigenvalue weighted by Crippen LogP contribution is -2.55. The second kappa shape index (κ2) is 17.4. The van der Waals surface area contributed by atoms with Gasteiger partial charge in [-0.05, 0) is 19.3 Å². The summed E-state index contributed by atoms with van der Waals surface area (Å²) in [6.45, 7) is 4.27. The van der Waals surface area contributed by atoms with Crippen molar-refractivity contribution in [2.45, 2.75) is 114 Å². The van der Waals surface area contributed by atoms with E-state index in [2.05, 4.69) is 6.58 Å². The van der Waals surface area contributed by atoms with Gasteiger partial charge < -0.3 is 24.8 Å². The molecule has 1 aliphatic rings. The van der Waals surface area contributed by atoms with Crippen LogP contribution >= 0.6 is 0 Å². The highest BCUT2D eigenvalue weighted by Crippen LogP contribution is 2.18. The zero-order chi connectivity index (χ0) is 20.5. The Labute approximate surface area is 172 Å². The van der Waals surface area contributed by atoms with Gasteiger partial charge in [-0.25, -0.2) is 0 Å². The summed E-state index contributed by atoms with van der Waals surface area (Å²) in [4.78, 5) is 0. The number of ether oxygens (including phenoxy) is 2. The first-order chi connectivity index (χ1) is 13.7. The monoisotopic (exact) mass is 400 g/mol. The molecule has 3 N–H and O–H groups in total. The minimum absolute atomic E-state index is 0.221. The molecule has 0 aromatic heterocycles. The molecular weight excluding hydrogens is 356 g/mol. The van der Waals surface area contributed by atoms with E-state index in [9.17, 15) is 10.2 Å². The van der Waals surface area contributed by atoms with Gasteiger partial charge >= 0.3 is 0 Å². The standard InChI is InChI=1S/C23H44O5/c1-2-3-4-5-6-7-8-9-10-11-12-13-14-15-16-17-27-21-19-28-20(18-24)22(25)23(21)26/h2,20-26H,1,3-19H2/t20-,21+,22-,23-/m0/s1. The largest absolute Gasteiger partial charge is 0.394 e. The number of rotatable bonds is 18. The predicted octanol–water partition coefficient (Wildman–Crippen LogP) is 4.13. The van der Waals surface area contributed by atoms with Crippen LogP contribution in [0.25, 0.3) is 0 Å². The van der Waals surface area contributed by atoms with Crippen LogP contribution in [0, 0.1) is 0 Å². The van der Waals surface area contributed by atoms with Crippen LogP contribution in [0.1, 0.15) is 89.9 Å². The van der Waals surface area contributed by atoms with Crippen LogP contribution in [-0.4, -0.2) is 59.6 Å². The van der Waals surface area contributed by atoms with Gasteiger partial charge in [0.2, 0.25) is 0 Å². The Balaban J connectivity index is 1.82. The number of unbranched alkanes of at least 4 members (excludes halogenated alkanes) is 13. The van der Waals surface area contributed by atoms with Crippen molar-refractivity contribution in [1.82, 2.24) is 0 Å². The molecule has 1 fully saturated rings. The van der Waals surface area contributed by atoms with Gasteiger partial charge in [0.25, 0.3) is 0 Å². The number of hydrogen-bond acceptors (Lipinski definition) is 5. The molecule has 0 aromatic rings. The summed E-state index contributed by atoms with van der Waals surface area (Å²) < 4.78 is 11.0. The fraction of sp³-hybridized carbons (Fsp3) is 0.913. The summed E-state index contributed by atoms with van der Waals surface area (Å²) in [5, 5.41) is 28.9. The zero-order valence-electron chi connectivity index (χ0n) is 17.8. The molecule has 5 nitrogen and oxygen atoms in total. The second-order valence-corrected chi connectivity index (χ2v) is 8.12. The maximum Gasteiger partial charge on any atom is 0.111 e. The van der Waals surface area contributed by atoms with Crippen molar-refractivity contribution in [1.29, 1.82) is 0 Å². The molecule has 1 aliphatic heterocycles. The lowest BCUT2D eigenvalue weighted by molar-refractivity contribution is -0.208. The fourth-order valence-electron chi connectivity index (χ4n) is 3.73. The first kappa shape index (κ1) is 25.6. The molecule has 0 amide bonds. The highest BCUT2D eigenvalue weighted by Gasteiger charge is 2.38. The Morgan fingerprint density at radius 1 is 0.786 bits per heavy atom. The van der Waals surface area contributed by atoms with Gasteiger partial charge in [-0.1, -0.05) is 76.7 Å². The molecule has 0 aliphatic carbocycles. The van der Waals surface area contributed by atoms with E-state index in [-0.39, 0.29) is 13.2 Å². The van der Waals surface area contributed by atoms with E-state index in [1.54, 1.807) is 0 Å². The number of aliphatic hydroxyl groups excluding tert-OH is 3. The van der Waals surface area contributed by atoms with E-state index in [0.717, 1.165) is 19.3 Å². The number of allylic oxidation sites excluding steroid dienone is 1. The van der Waals surface area contributed by atoms with Gasteiger partial charge in [0, 0.05) is 6.61 Å². The maximum atomic E-state index is 9.99. The lowest BCUT2D eigenvalue weighted by atomic mass is 10.0. The summed E-state index contributed by atoms with van der Waals surface area (Å²) in [6, 6.07) is 0. The Morgan fingerprint density at radius 2 is 1.29 bits per heavy atom. The molecule has 0 unspecified atom stereocenters. The van der Waals surface area contributed by atoms with Crippen molar-refractivity contribution in [2.75, 3.05) is 19.8 Å². The SMILES string of the molecule is C=CCCCCCCCCCCCCCCCO[C@@H]1CO[C@@H](CO)[C@H](O)[C@H]1O. The highest BCUT2D eigenvalue weighted by atomic mass is 16.6. The van der Waals surface area contributed by atoms with Crippen LogP contribution in [0.2, 0.25) is 0 Å². The molecule has 5 heteroatoms. The fourth-order valence-corrected chi connectivity index (χ4v) is 3.73. The van der Waals surface area contributed by atoms with Crippen LogP contribution in [0.3, 0.4) is 0 Å². The summed E-state index contributed by atoms with van der Waals surface area (Å²) in [5.74, 6) is 0. The molecule has 4 atom stereocenters. The molecule has 1 heterocycles. The van der Waals surface area contributed by atoms with Crippen LogP contribution in [-0.2, 0) is 9.47 Å². The zero-order valence-corrected chi connectivity index (χ0v) is 17.8. The van der Waals surface area contributed by atoms with Crippen LogP contribution in [0.5, 0.6) is 0 Å². The van der Waals surface area contributed by atoms with Crippen molar-refractivity contribution < 1.29 is 24.8 Å². The van der Waals surface area contributed by atoms with Crippen molar-refractivity contribution in [3.8, 4) is 0 Å². The molecular formula is C23H44O5. The normalized spacial score (nSPS) is 25.1. The summed E-state index contributed by atoms with van der Waals surface area (Å²) in [6.07, 6.45) is 16.7. The van der Waals surface area contributed by atoms with Crippen molar-refractivity contribution >= 4 is 0 Å². The van der Waals surface area contributed by atoms with Gasteiger partial charge in [0.1, 0.15) is 24.4 Å². The summed E-state index contributed by atoms with van der Waals surface area (Å²) >= 11 is 0. The van der Waals surface area contributed by atoms with Crippen molar-refractivity contribution in [3.05, 3.63) is 12.7 Å². The molecule has 1 rings (SSSR count). The van der Waals surface area contributed by atoms with E-state index in [4.69, 9.17) is 14.6 Å². The minimum atomic E-state index is -1.08. The van der Waals surface area contributed by atoms with E-state index >= 15 is 0 Å². The molecule has 1 saturated heterocycles. The smallest absolute Gasteiger partial charge is 0.111 e. The Morgan fingerprint density at radius 3 is 1.79 bits per heavy atom. The summed E-state index contributed by atoms with van der Waals surface area (Å²) in [5.41, 5.74) is 0. The minimum Gasteiger partial charge on any atom is -0.394 e. The van der Waals surface area contributed by atoms with Crippen LogP contribution < -0.4 is 0 Å². The molecule has 0 spiro atoms. The van der Waals surface area contributed by atoms with Crippen molar-refractivity contribution in [2.24, 2.45) is 0 Å². The Hall–Kier alpha value is -0.460.